The Balaban J connectivity index is 2.35. The van der Waals surface area contributed by atoms with Gasteiger partial charge in [0.25, 0.3) is 0 Å². The third kappa shape index (κ3) is 1.42. The molecule has 15 heavy (non-hydrogen) atoms. The molecule has 0 aliphatic heterocycles. The third-order valence-electron chi connectivity index (χ3n) is 4.39. The van der Waals surface area contributed by atoms with Crippen LogP contribution >= 0.6 is 11.6 Å². The molecule has 82 valence electrons. The van der Waals surface area contributed by atoms with Gasteiger partial charge in [-0.2, -0.15) is 0 Å². The molecule has 2 unspecified atom stereocenters. The molecule has 1 aliphatic carbocycles. The van der Waals surface area contributed by atoms with E-state index in [2.05, 4.69) is 44.2 Å². The fraction of sp³-hybridized carbons (Fsp3) is 0.571. The standard InChI is InChI=1S/C14H19Cl/c1-3-13(11-15)10-14(13,4-2)12-8-6-5-7-9-12/h5-9H,3-4,10-11H2,1-2H3. The molecule has 0 saturated heterocycles. The van der Waals surface area contributed by atoms with Gasteiger partial charge in [0, 0.05) is 11.3 Å². The summed E-state index contributed by atoms with van der Waals surface area (Å²) < 4.78 is 0. The number of alkyl halides is 1. The van der Waals surface area contributed by atoms with Gasteiger partial charge in [-0.25, -0.2) is 0 Å². The van der Waals surface area contributed by atoms with Crippen molar-refractivity contribution >= 4 is 11.6 Å². The zero-order chi connectivity index (χ0) is 10.9. The van der Waals surface area contributed by atoms with Gasteiger partial charge in [-0.3, -0.25) is 0 Å². The third-order valence-corrected chi connectivity index (χ3v) is 4.90. The van der Waals surface area contributed by atoms with Gasteiger partial charge in [0.2, 0.25) is 0 Å². The minimum absolute atomic E-state index is 0.366. The van der Waals surface area contributed by atoms with Gasteiger partial charge in [0.1, 0.15) is 0 Å². The van der Waals surface area contributed by atoms with Crippen LogP contribution in [0.5, 0.6) is 0 Å². The summed E-state index contributed by atoms with van der Waals surface area (Å²) in [5.41, 5.74) is 2.21. The summed E-state index contributed by atoms with van der Waals surface area (Å²) in [5, 5.41) is 0. The van der Waals surface area contributed by atoms with Crippen LogP contribution in [-0.2, 0) is 5.41 Å². The fourth-order valence-electron chi connectivity index (χ4n) is 3.14. The first-order valence-electron chi connectivity index (χ1n) is 5.86. The molecule has 0 nitrogen and oxygen atoms in total. The highest BCUT2D eigenvalue weighted by Crippen LogP contribution is 2.68. The van der Waals surface area contributed by atoms with Crippen LogP contribution in [0.1, 0.15) is 38.7 Å². The van der Waals surface area contributed by atoms with Crippen molar-refractivity contribution in [3.05, 3.63) is 35.9 Å². The summed E-state index contributed by atoms with van der Waals surface area (Å²) in [6.07, 6.45) is 3.66. The van der Waals surface area contributed by atoms with E-state index in [-0.39, 0.29) is 0 Å². The van der Waals surface area contributed by atoms with Crippen molar-refractivity contribution in [2.75, 3.05) is 5.88 Å². The van der Waals surface area contributed by atoms with E-state index in [1.165, 1.54) is 24.8 Å². The van der Waals surface area contributed by atoms with E-state index in [0.717, 1.165) is 5.88 Å². The Bertz CT molecular complexity index is 326. The molecule has 0 spiro atoms. The molecule has 1 heteroatoms. The largest absolute Gasteiger partial charge is 0.126 e. The first-order valence-corrected chi connectivity index (χ1v) is 6.39. The van der Waals surface area contributed by atoms with Crippen LogP contribution < -0.4 is 0 Å². The van der Waals surface area contributed by atoms with Crippen molar-refractivity contribution in [2.45, 2.75) is 38.5 Å². The maximum Gasteiger partial charge on any atom is 0.0288 e. The maximum absolute atomic E-state index is 6.17. The normalized spacial score (nSPS) is 34.1. The van der Waals surface area contributed by atoms with Gasteiger partial charge in [0.05, 0.1) is 0 Å². The highest BCUT2D eigenvalue weighted by Gasteiger charge is 2.64. The van der Waals surface area contributed by atoms with E-state index < -0.39 is 0 Å². The first kappa shape index (κ1) is 11.0. The van der Waals surface area contributed by atoms with Gasteiger partial charge in [0.15, 0.2) is 0 Å². The quantitative estimate of drug-likeness (QED) is 0.664. The Hall–Kier alpha value is -0.490. The van der Waals surface area contributed by atoms with Crippen LogP contribution in [0.4, 0.5) is 0 Å². The molecule has 0 aromatic heterocycles. The predicted molar refractivity (Wildman–Crippen MR) is 66.5 cm³/mol. The van der Waals surface area contributed by atoms with Crippen molar-refractivity contribution in [2.24, 2.45) is 5.41 Å². The maximum atomic E-state index is 6.17. The lowest BCUT2D eigenvalue weighted by Crippen LogP contribution is -2.18. The van der Waals surface area contributed by atoms with Crippen molar-refractivity contribution in [1.82, 2.24) is 0 Å². The van der Waals surface area contributed by atoms with Crippen LogP contribution in [0.15, 0.2) is 30.3 Å². The Morgan fingerprint density at radius 2 is 1.80 bits per heavy atom. The minimum atomic E-state index is 0.366. The molecule has 1 fully saturated rings. The fourth-order valence-corrected chi connectivity index (χ4v) is 3.68. The topological polar surface area (TPSA) is 0 Å². The zero-order valence-corrected chi connectivity index (χ0v) is 10.3. The molecule has 0 N–H and O–H groups in total. The number of rotatable bonds is 4. The second kappa shape index (κ2) is 3.83. The molecule has 1 saturated carbocycles. The molecule has 0 radical (unpaired) electrons. The monoisotopic (exact) mass is 222 g/mol. The molecule has 1 aliphatic rings. The molecule has 0 heterocycles. The molecule has 1 aromatic carbocycles. The minimum Gasteiger partial charge on any atom is -0.126 e. The van der Waals surface area contributed by atoms with E-state index in [1.54, 1.807) is 0 Å². The Kier molecular flexibility index (Phi) is 2.81. The van der Waals surface area contributed by atoms with E-state index in [1.807, 2.05) is 0 Å². The SMILES string of the molecule is CCC1(CCl)CC1(CC)c1ccccc1. The van der Waals surface area contributed by atoms with Gasteiger partial charge >= 0.3 is 0 Å². The average Bonchev–Trinajstić information content (AvgIpc) is 3.01. The van der Waals surface area contributed by atoms with E-state index in [4.69, 9.17) is 11.6 Å². The lowest BCUT2D eigenvalue weighted by molar-refractivity contribution is 0.435. The van der Waals surface area contributed by atoms with Crippen molar-refractivity contribution < 1.29 is 0 Å². The van der Waals surface area contributed by atoms with Crippen LogP contribution in [0, 0.1) is 5.41 Å². The van der Waals surface area contributed by atoms with Crippen LogP contribution in [0.25, 0.3) is 0 Å². The summed E-state index contributed by atoms with van der Waals surface area (Å²) in [6, 6.07) is 10.9. The summed E-state index contributed by atoms with van der Waals surface area (Å²) >= 11 is 6.17. The Labute approximate surface area is 97.6 Å². The number of benzene rings is 1. The van der Waals surface area contributed by atoms with Crippen LogP contribution in [0.3, 0.4) is 0 Å². The summed E-state index contributed by atoms with van der Waals surface area (Å²) in [6.45, 7) is 4.56. The lowest BCUT2D eigenvalue weighted by atomic mass is 9.83. The number of hydrogen-bond acceptors (Lipinski definition) is 0. The summed E-state index contributed by atoms with van der Waals surface area (Å²) in [4.78, 5) is 0. The second-order valence-electron chi connectivity index (χ2n) is 4.75. The van der Waals surface area contributed by atoms with Crippen molar-refractivity contribution in [1.29, 1.82) is 0 Å². The summed E-state index contributed by atoms with van der Waals surface area (Å²) in [5.74, 6) is 0.798. The second-order valence-corrected chi connectivity index (χ2v) is 5.01. The van der Waals surface area contributed by atoms with Crippen LogP contribution in [-0.4, -0.2) is 5.88 Å². The molecule has 0 bridgehead atoms. The van der Waals surface area contributed by atoms with E-state index >= 15 is 0 Å². The van der Waals surface area contributed by atoms with Crippen molar-refractivity contribution in [3.63, 3.8) is 0 Å². The highest BCUT2D eigenvalue weighted by molar-refractivity contribution is 6.18. The molecule has 2 atom stereocenters. The van der Waals surface area contributed by atoms with Gasteiger partial charge in [-0.1, -0.05) is 44.2 Å². The highest BCUT2D eigenvalue weighted by atomic mass is 35.5. The van der Waals surface area contributed by atoms with Crippen molar-refractivity contribution in [3.8, 4) is 0 Å². The Morgan fingerprint density at radius 3 is 2.20 bits per heavy atom. The smallest absolute Gasteiger partial charge is 0.0288 e. The first-order chi connectivity index (χ1) is 7.24. The average molecular weight is 223 g/mol. The molecular weight excluding hydrogens is 204 g/mol. The molecule has 0 amide bonds. The lowest BCUT2D eigenvalue weighted by Gasteiger charge is -2.22. The van der Waals surface area contributed by atoms with Gasteiger partial charge in [-0.05, 0) is 30.2 Å². The molecule has 2 rings (SSSR count). The van der Waals surface area contributed by atoms with E-state index in [0.29, 0.717) is 10.8 Å². The Morgan fingerprint density at radius 1 is 1.13 bits per heavy atom. The predicted octanol–water partition coefficient (Wildman–Crippen LogP) is 4.37. The van der Waals surface area contributed by atoms with Gasteiger partial charge in [-0.15, -0.1) is 11.6 Å². The number of hydrogen-bond donors (Lipinski definition) is 0. The molecular formula is C14H19Cl. The molecule has 1 aromatic rings. The number of halogens is 1. The van der Waals surface area contributed by atoms with Gasteiger partial charge < -0.3 is 0 Å². The zero-order valence-electron chi connectivity index (χ0n) is 9.59. The van der Waals surface area contributed by atoms with Crippen LogP contribution in [0.2, 0.25) is 0 Å². The van der Waals surface area contributed by atoms with E-state index in [9.17, 15) is 0 Å². The summed E-state index contributed by atoms with van der Waals surface area (Å²) in [7, 11) is 0.